The van der Waals surface area contributed by atoms with E-state index in [-0.39, 0.29) is 0 Å². The molecule has 1 aliphatic carbocycles. The van der Waals surface area contributed by atoms with Crippen molar-refractivity contribution >= 4 is 11.0 Å². The third kappa shape index (κ3) is 2.21. The van der Waals surface area contributed by atoms with Crippen molar-refractivity contribution in [2.24, 2.45) is 11.8 Å². The smallest absolute Gasteiger partial charge is 0.134 e. The van der Waals surface area contributed by atoms with Crippen LogP contribution < -0.4 is 4.74 Å². The van der Waals surface area contributed by atoms with Gasteiger partial charge in [0.25, 0.3) is 0 Å². The molecule has 0 radical (unpaired) electrons. The summed E-state index contributed by atoms with van der Waals surface area (Å²) in [6.07, 6.45) is 6.39. The quantitative estimate of drug-likeness (QED) is 0.788. The van der Waals surface area contributed by atoms with Crippen molar-refractivity contribution in [3.05, 3.63) is 29.5 Å². The van der Waals surface area contributed by atoms with Crippen molar-refractivity contribution in [2.45, 2.75) is 64.0 Å². The summed E-state index contributed by atoms with van der Waals surface area (Å²) in [4.78, 5) is 2.87. The zero-order valence-electron chi connectivity index (χ0n) is 15.6. The number of benzene rings is 1. The second-order valence-corrected chi connectivity index (χ2v) is 8.37. The molecule has 3 fully saturated rings. The van der Waals surface area contributed by atoms with Gasteiger partial charge in [-0.1, -0.05) is 20.3 Å². The van der Waals surface area contributed by atoms with Crippen LogP contribution in [0, 0.1) is 11.8 Å². The van der Waals surface area contributed by atoms with E-state index in [1.807, 2.05) is 6.07 Å². The van der Waals surface area contributed by atoms with Gasteiger partial charge in [-0.05, 0) is 55.7 Å². The van der Waals surface area contributed by atoms with Gasteiger partial charge in [-0.3, -0.25) is 4.90 Å². The van der Waals surface area contributed by atoms with E-state index >= 15 is 0 Å². The molecule has 3 nitrogen and oxygen atoms in total. The molecular formula is C22H29NO2. The van der Waals surface area contributed by atoms with Crippen LogP contribution in [-0.2, 0) is 6.42 Å². The highest BCUT2D eigenvalue weighted by atomic mass is 16.5. The Morgan fingerprint density at radius 3 is 2.84 bits per heavy atom. The Morgan fingerprint density at radius 2 is 2.08 bits per heavy atom. The number of hydrogen-bond donors (Lipinski definition) is 0. The molecule has 0 amide bonds. The molecule has 4 bridgehead atoms. The number of hydrogen-bond acceptors (Lipinski definition) is 3. The molecule has 5 unspecified atom stereocenters. The topological polar surface area (TPSA) is 25.6 Å². The van der Waals surface area contributed by atoms with Crippen LogP contribution in [0.2, 0.25) is 0 Å². The van der Waals surface area contributed by atoms with Crippen molar-refractivity contribution in [3.8, 4) is 5.75 Å². The highest BCUT2D eigenvalue weighted by molar-refractivity contribution is 5.84. The SMILES string of the molecule is CCC1CC2CC3c4oc5ccc(OC)cc5c4C[C@@H](CC)N(C2)C13. The second-order valence-electron chi connectivity index (χ2n) is 8.37. The summed E-state index contributed by atoms with van der Waals surface area (Å²) in [5.41, 5.74) is 2.51. The van der Waals surface area contributed by atoms with Gasteiger partial charge >= 0.3 is 0 Å². The Kier molecular flexibility index (Phi) is 3.63. The predicted octanol–water partition coefficient (Wildman–Crippen LogP) is 4.98. The zero-order valence-corrected chi connectivity index (χ0v) is 15.6. The van der Waals surface area contributed by atoms with Crippen molar-refractivity contribution in [3.63, 3.8) is 0 Å². The van der Waals surface area contributed by atoms with Gasteiger partial charge in [-0.25, -0.2) is 0 Å². The number of piperidine rings is 2. The first-order valence-corrected chi connectivity index (χ1v) is 10.1. The number of fused-ring (bicyclic) bond motifs is 4. The first kappa shape index (κ1) is 15.7. The second kappa shape index (κ2) is 5.77. The van der Waals surface area contributed by atoms with Crippen molar-refractivity contribution in [1.82, 2.24) is 4.90 Å². The van der Waals surface area contributed by atoms with Crippen LogP contribution in [-0.4, -0.2) is 30.6 Å². The molecule has 1 aromatic heterocycles. The van der Waals surface area contributed by atoms with Crippen LogP contribution in [0.5, 0.6) is 5.75 Å². The fourth-order valence-corrected chi connectivity index (χ4v) is 6.14. The van der Waals surface area contributed by atoms with Gasteiger partial charge in [0.05, 0.1) is 7.11 Å². The largest absolute Gasteiger partial charge is 0.497 e. The number of methoxy groups -OCH3 is 1. The lowest BCUT2D eigenvalue weighted by Gasteiger charge is -2.55. The predicted molar refractivity (Wildman–Crippen MR) is 100 cm³/mol. The highest BCUT2D eigenvalue weighted by Crippen LogP contribution is 2.53. The monoisotopic (exact) mass is 339 g/mol. The summed E-state index contributed by atoms with van der Waals surface area (Å²) in [5, 5.41) is 1.28. The first-order chi connectivity index (χ1) is 12.2. The van der Waals surface area contributed by atoms with Gasteiger partial charge in [0.2, 0.25) is 0 Å². The molecule has 3 heteroatoms. The molecular weight excluding hydrogens is 310 g/mol. The van der Waals surface area contributed by atoms with Crippen molar-refractivity contribution < 1.29 is 9.15 Å². The highest BCUT2D eigenvalue weighted by Gasteiger charge is 2.51. The van der Waals surface area contributed by atoms with Gasteiger partial charge < -0.3 is 9.15 Å². The number of ether oxygens (including phenoxy) is 1. The normalized spacial score (nSPS) is 36.3. The average molecular weight is 339 g/mol. The minimum Gasteiger partial charge on any atom is -0.497 e. The third-order valence-corrected chi connectivity index (χ3v) is 7.24. The number of nitrogens with zero attached hydrogens (tertiary/aromatic N) is 1. The van der Waals surface area contributed by atoms with E-state index in [2.05, 4.69) is 30.9 Å². The van der Waals surface area contributed by atoms with E-state index in [9.17, 15) is 0 Å². The van der Waals surface area contributed by atoms with Gasteiger partial charge in [0.15, 0.2) is 0 Å². The van der Waals surface area contributed by atoms with Gasteiger partial charge in [-0.2, -0.15) is 0 Å². The maximum absolute atomic E-state index is 6.51. The average Bonchev–Trinajstić information content (AvgIpc) is 2.98. The number of furan rings is 1. The standard InChI is InChI=1S/C22H29NO2/c1-4-14-8-13-9-19-21(14)23(12-13)15(5-2)10-18-17-11-16(24-3)6-7-20(17)25-22(18)19/h6-7,11,13-15,19,21H,4-5,8-10,12H2,1-3H3/t13?,14?,15-,19?,21?/m1/s1. The molecule has 25 heavy (non-hydrogen) atoms. The van der Waals surface area contributed by atoms with Crippen molar-refractivity contribution in [2.75, 3.05) is 13.7 Å². The lowest BCUT2D eigenvalue weighted by Crippen LogP contribution is -2.59. The first-order valence-electron chi connectivity index (χ1n) is 10.1. The Morgan fingerprint density at radius 1 is 1.20 bits per heavy atom. The molecule has 2 aromatic rings. The van der Waals surface area contributed by atoms with E-state index < -0.39 is 0 Å². The Bertz CT molecular complexity index is 795. The van der Waals surface area contributed by atoms with Crippen LogP contribution in [0.25, 0.3) is 11.0 Å². The molecule has 4 aliphatic rings. The number of rotatable bonds is 3. The van der Waals surface area contributed by atoms with Crippen LogP contribution in [0.15, 0.2) is 22.6 Å². The summed E-state index contributed by atoms with van der Waals surface area (Å²) < 4.78 is 12.0. The minimum absolute atomic E-state index is 0.586. The van der Waals surface area contributed by atoms with E-state index in [1.165, 1.54) is 48.9 Å². The Hall–Kier alpha value is -1.48. The maximum atomic E-state index is 6.51. The molecule has 4 heterocycles. The fraction of sp³-hybridized carbons (Fsp3) is 0.636. The molecule has 0 spiro atoms. The van der Waals surface area contributed by atoms with Gasteiger partial charge in [-0.15, -0.1) is 0 Å². The van der Waals surface area contributed by atoms with Crippen molar-refractivity contribution in [1.29, 1.82) is 0 Å². The molecule has 6 rings (SSSR count). The summed E-state index contributed by atoms with van der Waals surface area (Å²) >= 11 is 0. The van der Waals surface area contributed by atoms with Crippen LogP contribution in [0.1, 0.15) is 56.8 Å². The third-order valence-electron chi connectivity index (χ3n) is 7.24. The Balaban J connectivity index is 1.70. The van der Waals surface area contributed by atoms with E-state index in [1.54, 1.807) is 7.11 Å². The maximum Gasteiger partial charge on any atom is 0.134 e. The fourth-order valence-electron chi connectivity index (χ4n) is 6.14. The Labute approximate surface area is 150 Å². The van der Waals surface area contributed by atoms with E-state index in [4.69, 9.17) is 9.15 Å². The summed E-state index contributed by atoms with van der Waals surface area (Å²) in [6.45, 7) is 6.04. The summed E-state index contributed by atoms with van der Waals surface area (Å²) in [6, 6.07) is 7.64. The molecule has 6 atom stereocenters. The summed E-state index contributed by atoms with van der Waals surface area (Å²) in [7, 11) is 1.75. The van der Waals surface area contributed by atoms with Crippen LogP contribution in [0.3, 0.4) is 0 Å². The molecule has 134 valence electrons. The van der Waals surface area contributed by atoms with E-state index in [0.717, 1.165) is 29.6 Å². The van der Waals surface area contributed by atoms with Gasteiger partial charge in [0.1, 0.15) is 17.1 Å². The molecule has 3 aliphatic heterocycles. The minimum atomic E-state index is 0.586. The zero-order chi connectivity index (χ0) is 17.1. The van der Waals surface area contributed by atoms with Crippen LogP contribution >= 0.6 is 0 Å². The summed E-state index contributed by atoms with van der Waals surface area (Å²) in [5.74, 6) is 4.51. The molecule has 2 saturated heterocycles. The lowest BCUT2D eigenvalue weighted by molar-refractivity contribution is -0.0432. The molecule has 1 aromatic carbocycles. The molecule has 0 N–H and O–H groups in total. The van der Waals surface area contributed by atoms with Gasteiger partial charge in [0, 0.05) is 35.5 Å². The van der Waals surface area contributed by atoms with Crippen LogP contribution in [0.4, 0.5) is 0 Å². The van der Waals surface area contributed by atoms with E-state index in [0.29, 0.717) is 18.0 Å². The molecule has 1 saturated carbocycles. The lowest BCUT2D eigenvalue weighted by atomic mass is 9.65.